The van der Waals surface area contributed by atoms with Gasteiger partial charge in [0.25, 0.3) is 0 Å². The third-order valence-corrected chi connectivity index (χ3v) is 6.70. The van der Waals surface area contributed by atoms with Gasteiger partial charge in [-0.15, -0.1) is 0 Å². The van der Waals surface area contributed by atoms with E-state index in [1.54, 1.807) is 18.2 Å². The molecule has 202 valence electrons. The van der Waals surface area contributed by atoms with Gasteiger partial charge in [-0.3, -0.25) is 0 Å². The van der Waals surface area contributed by atoms with Crippen LogP contribution in [-0.2, 0) is 4.79 Å². The molecular formula is C38H28N2O2. The third kappa shape index (κ3) is 6.80. The van der Waals surface area contributed by atoms with Gasteiger partial charge in [0, 0.05) is 17.1 Å². The zero-order valence-electron chi connectivity index (χ0n) is 22.8. The molecule has 1 N–H and O–H groups in total. The summed E-state index contributed by atoms with van der Waals surface area (Å²) < 4.78 is 0. The van der Waals surface area contributed by atoms with Crippen molar-refractivity contribution in [3.05, 3.63) is 180 Å². The average molecular weight is 545 g/mol. The first-order chi connectivity index (χ1) is 20.6. The number of benzene rings is 5. The lowest BCUT2D eigenvalue weighted by molar-refractivity contribution is -0.132. The summed E-state index contributed by atoms with van der Waals surface area (Å²) in [5.74, 6) is -1.24. The van der Waals surface area contributed by atoms with E-state index >= 15 is 0 Å². The van der Waals surface area contributed by atoms with Crippen LogP contribution in [0, 0.1) is 11.3 Å². The van der Waals surface area contributed by atoms with Gasteiger partial charge in [0.05, 0.1) is 0 Å². The molecule has 5 rings (SSSR count). The van der Waals surface area contributed by atoms with E-state index in [0.717, 1.165) is 44.9 Å². The summed E-state index contributed by atoms with van der Waals surface area (Å²) in [5.41, 5.74) is 8.19. The van der Waals surface area contributed by atoms with E-state index in [1.165, 1.54) is 6.08 Å². The smallest absolute Gasteiger partial charge is 0.346 e. The van der Waals surface area contributed by atoms with Crippen molar-refractivity contribution in [2.45, 2.75) is 0 Å². The molecule has 0 unspecified atom stereocenters. The first-order valence-corrected chi connectivity index (χ1v) is 13.5. The number of nitrogens with zero attached hydrogens (tertiary/aromatic N) is 2. The molecule has 0 saturated heterocycles. The summed E-state index contributed by atoms with van der Waals surface area (Å²) in [6.45, 7) is 0. The molecule has 0 heterocycles. The predicted octanol–water partition coefficient (Wildman–Crippen LogP) is 9.29. The van der Waals surface area contributed by atoms with Crippen LogP contribution < -0.4 is 4.90 Å². The van der Waals surface area contributed by atoms with Crippen LogP contribution in [0.4, 0.5) is 17.1 Å². The predicted molar refractivity (Wildman–Crippen MR) is 171 cm³/mol. The average Bonchev–Trinajstić information content (AvgIpc) is 3.04. The molecule has 5 aromatic rings. The normalized spacial score (nSPS) is 11.1. The number of carbonyl (C=O) groups is 1. The standard InChI is InChI=1S/C38H28N2O2/c39-28-33(38(41)42)16-10-11-29-19-23-35(24-20-29)40(34-17-8-3-9-18-34)36-25-21-30(22-26-36)27-37(31-12-4-1-5-13-31)32-14-6-2-7-15-32/h1-27H,(H,41,42)/b11-10-,33-16-. The van der Waals surface area contributed by atoms with Crippen LogP contribution in [0.2, 0.25) is 0 Å². The molecule has 0 bridgehead atoms. The number of allylic oxidation sites excluding steroid dienone is 2. The minimum atomic E-state index is -1.24. The van der Waals surface area contributed by atoms with Crippen LogP contribution >= 0.6 is 0 Å². The van der Waals surface area contributed by atoms with Crippen LogP contribution in [0.3, 0.4) is 0 Å². The van der Waals surface area contributed by atoms with Crippen molar-refractivity contribution >= 4 is 40.8 Å². The lowest BCUT2D eigenvalue weighted by atomic mass is 9.95. The van der Waals surface area contributed by atoms with Crippen molar-refractivity contribution in [2.24, 2.45) is 0 Å². The molecule has 4 heteroatoms. The SMILES string of the molecule is N#C/C(=C/C=C\c1ccc(N(c2ccccc2)c2ccc(C=C(c3ccccc3)c3ccccc3)cc2)cc1)C(=O)O. The summed E-state index contributed by atoms with van der Waals surface area (Å²) >= 11 is 0. The Balaban J connectivity index is 1.47. The van der Waals surface area contributed by atoms with Gasteiger partial charge in [-0.1, -0.05) is 115 Å². The van der Waals surface area contributed by atoms with Crippen molar-refractivity contribution < 1.29 is 9.90 Å². The second-order valence-electron chi connectivity index (χ2n) is 9.50. The fourth-order valence-corrected chi connectivity index (χ4v) is 4.63. The number of hydrogen-bond donors (Lipinski definition) is 1. The highest BCUT2D eigenvalue weighted by molar-refractivity contribution is 5.92. The van der Waals surface area contributed by atoms with Crippen molar-refractivity contribution in [1.29, 1.82) is 5.26 Å². The van der Waals surface area contributed by atoms with E-state index in [4.69, 9.17) is 10.4 Å². The number of hydrogen-bond acceptors (Lipinski definition) is 3. The maximum absolute atomic E-state index is 11.0. The van der Waals surface area contributed by atoms with Gasteiger partial charge in [0.1, 0.15) is 11.6 Å². The molecule has 0 fully saturated rings. The zero-order chi connectivity index (χ0) is 29.1. The Labute approximate surface area is 246 Å². The van der Waals surface area contributed by atoms with Gasteiger partial charge in [-0.2, -0.15) is 5.26 Å². The Hall–Kier alpha value is -5.92. The monoisotopic (exact) mass is 544 g/mol. The second kappa shape index (κ2) is 13.4. The molecule has 0 radical (unpaired) electrons. The highest BCUT2D eigenvalue weighted by atomic mass is 16.4. The topological polar surface area (TPSA) is 64.3 Å². The van der Waals surface area contributed by atoms with Gasteiger partial charge in [-0.05, 0) is 76.4 Å². The number of para-hydroxylation sites is 1. The van der Waals surface area contributed by atoms with Crippen LogP contribution in [0.25, 0.3) is 17.7 Å². The molecule has 5 aromatic carbocycles. The Kier molecular flexibility index (Phi) is 8.84. The lowest BCUT2D eigenvalue weighted by Gasteiger charge is -2.25. The molecular weight excluding hydrogens is 516 g/mol. The zero-order valence-corrected chi connectivity index (χ0v) is 22.8. The Bertz CT molecular complexity index is 1720. The van der Waals surface area contributed by atoms with Crippen molar-refractivity contribution in [2.75, 3.05) is 4.90 Å². The molecule has 0 atom stereocenters. The molecule has 42 heavy (non-hydrogen) atoms. The van der Waals surface area contributed by atoms with Crippen molar-refractivity contribution in [3.63, 3.8) is 0 Å². The fraction of sp³-hybridized carbons (Fsp3) is 0. The molecule has 0 aliphatic rings. The first kappa shape index (κ1) is 27.6. The summed E-state index contributed by atoms with van der Waals surface area (Å²) in [4.78, 5) is 13.2. The molecule has 0 spiro atoms. The van der Waals surface area contributed by atoms with Crippen molar-refractivity contribution in [1.82, 2.24) is 0 Å². The fourth-order valence-electron chi connectivity index (χ4n) is 4.63. The maximum atomic E-state index is 11.0. The van der Waals surface area contributed by atoms with E-state index in [9.17, 15) is 4.79 Å². The van der Waals surface area contributed by atoms with Gasteiger partial charge in [0.2, 0.25) is 0 Å². The lowest BCUT2D eigenvalue weighted by Crippen LogP contribution is -2.09. The van der Waals surface area contributed by atoms with E-state index in [2.05, 4.69) is 95.9 Å². The maximum Gasteiger partial charge on any atom is 0.346 e. The second-order valence-corrected chi connectivity index (χ2v) is 9.50. The van der Waals surface area contributed by atoms with Gasteiger partial charge < -0.3 is 10.0 Å². The molecule has 0 saturated carbocycles. The molecule has 0 aromatic heterocycles. The molecule has 0 aliphatic carbocycles. The number of anilines is 3. The number of nitriles is 1. The Morgan fingerprint density at radius 3 is 1.55 bits per heavy atom. The van der Waals surface area contributed by atoms with Crippen LogP contribution in [-0.4, -0.2) is 11.1 Å². The minimum absolute atomic E-state index is 0.309. The largest absolute Gasteiger partial charge is 0.477 e. The van der Waals surface area contributed by atoms with Gasteiger partial charge in [0.15, 0.2) is 0 Å². The Morgan fingerprint density at radius 2 is 1.07 bits per heavy atom. The quantitative estimate of drug-likeness (QED) is 0.0869. The number of rotatable bonds is 9. The first-order valence-electron chi connectivity index (χ1n) is 13.5. The summed E-state index contributed by atoms with van der Waals surface area (Å²) in [6, 6.07) is 49.2. The van der Waals surface area contributed by atoms with E-state index in [1.807, 2.05) is 54.6 Å². The highest BCUT2D eigenvalue weighted by Gasteiger charge is 2.12. The minimum Gasteiger partial charge on any atom is -0.477 e. The van der Waals surface area contributed by atoms with E-state index in [-0.39, 0.29) is 5.57 Å². The van der Waals surface area contributed by atoms with Crippen LogP contribution in [0.5, 0.6) is 0 Å². The number of aliphatic carboxylic acids is 1. The summed E-state index contributed by atoms with van der Waals surface area (Å²) in [6.07, 6.45) is 6.86. The molecule has 0 aliphatic heterocycles. The van der Waals surface area contributed by atoms with Crippen molar-refractivity contribution in [3.8, 4) is 6.07 Å². The molecule has 4 nitrogen and oxygen atoms in total. The summed E-state index contributed by atoms with van der Waals surface area (Å²) in [5, 5.41) is 17.9. The van der Waals surface area contributed by atoms with Gasteiger partial charge >= 0.3 is 5.97 Å². The van der Waals surface area contributed by atoms with Crippen LogP contribution in [0.1, 0.15) is 22.3 Å². The number of carboxylic acid groups (broad SMARTS) is 1. The summed E-state index contributed by atoms with van der Waals surface area (Å²) in [7, 11) is 0. The molecule has 0 amide bonds. The highest BCUT2D eigenvalue weighted by Crippen LogP contribution is 2.35. The van der Waals surface area contributed by atoms with E-state index in [0.29, 0.717) is 0 Å². The van der Waals surface area contributed by atoms with E-state index < -0.39 is 5.97 Å². The number of carboxylic acids is 1. The Morgan fingerprint density at radius 1 is 0.619 bits per heavy atom. The van der Waals surface area contributed by atoms with Crippen LogP contribution in [0.15, 0.2) is 157 Å². The van der Waals surface area contributed by atoms with Gasteiger partial charge in [-0.25, -0.2) is 4.79 Å². The third-order valence-electron chi connectivity index (χ3n) is 6.70.